The van der Waals surface area contributed by atoms with Crippen LogP contribution in [0.4, 0.5) is 5.69 Å². The normalized spacial score (nSPS) is 14.2. The van der Waals surface area contributed by atoms with Crippen LogP contribution in [-0.2, 0) is 27.5 Å². The van der Waals surface area contributed by atoms with Gasteiger partial charge in [0.05, 0.1) is 25.6 Å². The number of morpholine rings is 1. The average molecular weight is 604 g/mol. The number of benzene rings is 1. The molecule has 228 valence electrons. The van der Waals surface area contributed by atoms with E-state index in [1.54, 1.807) is 30.5 Å². The number of nitrogens with zero attached hydrogens (tertiary/aromatic N) is 6. The molecule has 0 radical (unpaired) electrons. The zero-order valence-electron chi connectivity index (χ0n) is 25.3. The molecule has 0 bridgehead atoms. The van der Waals surface area contributed by atoms with E-state index < -0.39 is 8.07 Å². The van der Waals surface area contributed by atoms with Crippen LogP contribution in [0.2, 0.25) is 25.7 Å². The number of carbonyl (C=O) groups excluding carboxylic acids is 1. The molecule has 4 heterocycles. The van der Waals surface area contributed by atoms with E-state index in [0.29, 0.717) is 41.8 Å². The van der Waals surface area contributed by atoms with Crippen molar-refractivity contribution < 1.29 is 19.0 Å². The first-order valence-corrected chi connectivity index (χ1v) is 18.5. The van der Waals surface area contributed by atoms with Crippen molar-refractivity contribution in [3.8, 4) is 22.8 Å². The van der Waals surface area contributed by atoms with Gasteiger partial charge in [-0.15, -0.1) is 0 Å². The minimum Gasteiger partial charge on any atom is -0.437 e. The Balaban J connectivity index is 1.36. The van der Waals surface area contributed by atoms with Crippen LogP contribution in [0.25, 0.3) is 22.3 Å². The number of ether oxygens (including phenoxy) is 3. The minimum absolute atomic E-state index is 0.293. The molecule has 1 aliphatic heterocycles. The highest BCUT2D eigenvalue weighted by atomic mass is 28.3. The Hall–Kier alpha value is -3.84. The average Bonchev–Trinajstić information content (AvgIpc) is 3.60. The molecule has 43 heavy (non-hydrogen) atoms. The van der Waals surface area contributed by atoms with Gasteiger partial charge in [-0.05, 0) is 30.7 Å². The lowest BCUT2D eigenvalue weighted by Gasteiger charge is -2.26. The third-order valence-electron chi connectivity index (χ3n) is 7.19. The summed E-state index contributed by atoms with van der Waals surface area (Å²) < 4.78 is 21.6. The first kappa shape index (κ1) is 30.6. The Morgan fingerprint density at radius 1 is 1.16 bits per heavy atom. The number of hydrogen-bond donors (Lipinski definition) is 1. The molecule has 1 aliphatic rings. The molecule has 0 aliphatic carbocycles. The van der Waals surface area contributed by atoms with Crippen molar-refractivity contribution >= 4 is 30.8 Å². The van der Waals surface area contributed by atoms with Gasteiger partial charge in [0.25, 0.3) is 0 Å². The summed E-state index contributed by atoms with van der Waals surface area (Å²) in [5.41, 5.74) is 3.88. The molecule has 3 aromatic heterocycles. The van der Waals surface area contributed by atoms with E-state index in [1.165, 1.54) is 6.08 Å². The number of anilines is 1. The second-order valence-electron chi connectivity index (χ2n) is 11.9. The van der Waals surface area contributed by atoms with Crippen LogP contribution >= 0.6 is 0 Å². The fourth-order valence-corrected chi connectivity index (χ4v) is 5.55. The summed E-state index contributed by atoms with van der Waals surface area (Å²) in [5, 5.41) is 7.39. The summed E-state index contributed by atoms with van der Waals surface area (Å²) in [7, 11) is -1.20. The zero-order valence-corrected chi connectivity index (χ0v) is 26.3. The summed E-state index contributed by atoms with van der Waals surface area (Å²) in [6.07, 6.45) is 9.81. The largest absolute Gasteiger partial charge is 0.437 e. The predicted molar refractivity (Wildman–Crippen MR) is 170 cm³/mol. The monoisotopic (exact) mass is 603 g/mol. The van der Waals surface area contributed by atoms with Gasteiger partial charge >= 0.3 is 0 Å². The van der Waals surface area contributed by atoms with Crippen LogP contribution in [0.5, 0.6) is 11.6 Å². The van der Waals surface area contributed by atoms with Gasteiger partial charge in [-0.3, -0.25) is 14.4 Å². The van der Waals surface area contributed by atoms with Gasteiger partial charge in [-0.1, -0.05) is 32.3 Å². The first-order chi connectivity index (χ1) is 20.8. The number of aryl methyl sites for hydroxylation is 1. The Labute approximate surface area is 253 Å². The Morgan fingerprint density at radius 2 is 2.00 bits per heavy atom. The molecule has 1 fully saturated rings. The Bertz CT molecular complexity index is 1540. The maximum absolute atomic E-state index is 11.7. The lowest BCUT2D eigenvalue weighted by Crippen LogP contribution is -2.37. The van der Waals surface area contributed by atoms with E-state index in [-0.39, 0.29) is 5.91 Å². The number of carbonyl (C=O) groups is 1. The lowest BCUT2D eigenvalue weighted by molar-refractivity contribution is -0.111. The molecular formula is C31H41N7O4Si. The number of hydrogen-bond acceptors (Lipinski definition) is 8. The lowest BCUT2D eigenvalue weighted by atomic mass is 10.2. The molecule has 1 amide bonds. The van der Waals surface area contributed by atoms with E-state index in [4.69, 9.17) is 24.2 Å². The van der Waals surface area contributed by atoms with E-state index in [9.17, 15) is 4.79 Å². The van der Waals surface area contributed by atoms with Crippen LogP contribution in [0.15, 0.2) is 61.7 Å². The summed E-state index contributed by atoms with van der Waals surface area (Å²) in [4.78, 5) is 23.7. The van der Waals surface area contributed by atoms with Crippen LogP contribution in [0, 0.1) is 0 Å². The number of amides is 1. The molecule has 1 saturated heterocycles. The van der Waals surface area contributed by atoms with E-state index in [2.05, 4.69) is 47.7 Å². The second kappa shape index (κ2) is 14.1. The van der Waals surface area contributed by atoms with Crippen molar-refractivity contribution in [2.45, 2.75) is 45.4 Å². The van der Waals surface area contributed by atoms with Gasteiger partial charge in [0.1, 0.15) is 18.0 Å². The van der Waals surface area contributed by atoms with Gasteiger partial charge in [0, 0.05) is 76.1 Å². The molecule has 0 atom stereocenters. The second-order valence-corrected chi connectivity index (χ2v) is 17.5. The van der Waals surface area contributed by atoms with Gasteiger partial charge in [-0.2, -0.15) is 5.10 Å². The van der Waals surface area contributed by atoms with Crippen molar-refractivity contribution in [1.29, 1.82) is 0 Å². The van der Waals surface area contributed by atoms with Crippen molar-refractivity contribution in [2.24, 2.45) is 0 Å². The molecular weight excluding hydrogens is 562 g/mol. The number of fused-ring (bicyclic) bond motifs is 1. The number of aromatic nitrogens is 5. The maximum Gasteiger partial charge on any atom is 0.247 e. The zero-order chi connectivity index (χ0) is 30.2. The minimum atomic E-state index is -1.20. The van der Waals surface area contributed by atoms with Crippen LogP contribution in [-0.4, -0.2) is 82.7 Å². The maximum atomic E-state index is 11.7. The molecule has 0 unspecified atom stereocenters. The topological polar surface area (TPSA) is 109 Å². The van der Waals surface area contributed by atoms with Crippen molar-refractivity contribution in [2.75, 3.05) is 44.8 Å². The molecule has 5 rings (SSSR count). The van der Waals surface area contributed by atoms with Crippen LogP contribution in [0.1, 0.15) is 6.42 Å². The van der Waals surface area contributed by atoms with Crippen molar-refractivity contribution in [1.82, 2.24) is 29.2 Å². The molecule has 0 spiro atoms. The van der Waals surface area contributed by atoms with Gasteiger partial charge in [0.15, 0.2) is 5.65 Å². The summed E-state index contributed by atoms with van der Waals surface area (Å²) >= 11 is 0. The van der Waals surface area contributed by atoms with Gasteiger partial charge < -0.3 is 24.1 Å². The van der Waals surface area contributed by atoms with E-state index >= 15 is 0 Å². The predicted octanol–water partition coefficient (Wildman–Crippen LogP) is 5.25. The molecule has 1 N–H and O–H groups in total. The van der Waals surface area contributed by atoms with Crippen molar-refractivity contribution in [3.63, 3.8) is 0 Å². The standard InChI is InChI=1S/C31H41N7O4Si/c1-5-28(39)34-25-8-6-9-26(18-25)42-29-20-32-31-30(35-29)27(22-37(31)23-41-16-17-43(2,3)4)24-19-33-38(21-24)11-7-10-36-12-14-40-15-13-36/h5-6,8-9,18-22H,1,7,10-17,23H2,2-4H3,(H,34,39). The van der Waals surface area contributed by atoms with E-state index in [1.807, 2.05) is 21.6 Å². The Kier molecular flexibility index (Phi) is 10.0. The van der Waals surface area contributed by atoms with Gasteiger partial charge in [-0.25, -0.2) is 9.97 Å². The van der Waals surface area contributed by atoms with Gasteiger partial charge in [0.2, 0.25) is 11.8 Å². The summed E-state index contributed by atoms with van der Waals surface area (Å²) in [6, 6.07) is 8.20. The molecule has 11 nitrogen and oxygen atoms in total. The van der Waals surface area contributed by atoms with E-state index in [0.717, 1.165) is 63.0 Å². The van der Waals surface area contributed by atoms with Crippen LogP contribution < -0.4 is 10.1 Å². The smallest absolute Gasteiger partial charge is 0.247 e. The molecule has 0 saturated carbocycles. The first-order valence-electron chi connectivity index (χ1n) is 14.8. The summed E-state index contributed by atoms with van der Waals surface area (Å²) in [5.74, 6) is 0.577. The molecule has 12 heteroatoms. The number of rotatable bonds is 14. The highest BCUT2D eigenvalue weighted by Gasteiger charge is 2.18. The SMILES string of the molecule is C=CC(=O)Nc1cccc(Oc2cnc3c(n2)c(-c2cnn(CCCN4CCOCC4)c2)cn3COCC[Si](C)(C)C)c1. The number of nitrogens with one attached hydrogen (secondary N) is 1. The van der Waals surface area contributed by atoms with Crippen LogP contribution in [0.3, 0.4) is 0 Å². The molecule has 1 aromatic carbocycles. The van der Waals surface area contributed by atoms with Crippen molar-refractivity contribution in [3.05, 3.63) is 61.7 Å². The quantitative estimate of drug-likeness (QED) is 0.118. The highest BCUT2D eigenvalue weighted by Crippen LogP contribution is 2.31. The fraction of sp³-hybridized carbons (Fsp3) is 0.419. The highest BCUT2D eigenvalue weighted by molar-refractivity contribution is 6.76. The molecule has 4 aromatic rings. The Morgan fingerprint density at radius 3 is 2.79 bits per heavy atom. The summed E-state index contributed by atoms with van der Waals surface area (Å²) in [6.45, 7) is 17.1. The third-order valence-corrected chi connectivity index (χ3v) is 8.89. The third kappa shape index (κ3) is 8.60. The fourth-order valence-electron chi connectivity index (χ4n) is 4.79.